The maximum absolute atomic E-state index is 10.8. The fourth-order valence-electron chi connectivity index (χ4n) is 3.32. The summed E-state index contributed by atoms with van der Waals surface area (Å²) in [6.07, 6.45) is 6.72. The monoisotopic (exact) mass is 304 g/mol. The Kier molecular flexibility index (Phi) is 5.77. The Morgan fingerprint density at radius 3 is 2.57 bits per heavy atom. The number of hydrogen-bond acceptors (Lipinski definition) is 2. The molecule has 0 spiro atoms. The van der Waals surface area contributed by atoms with Crippen molar-refractivity contribution in [2.24, 2.45) is 5.92 Å². The smallest absolute Gasteiger partial charge is 0.213 e. The van der Waals surface area contributed by atoms with Gasteiger partial charge in [-0.25, -0.2) is 0 Å². The highest BCUT2D eigenvalue weighted by atomic mass is 28.3. The summed E-state index contributed by atoms with van der Waals surface area (Å²) in [5.74, 6) is 0.534. The average Bonchev–Trinajstić information content (AvgIpc) is 2.45. The minimum Gasteiger partial charge on any atom is -0.412 e. The van der Waals surface area contributed by atoms with Gasteiger partial charge < -0.3 is 9.22 Å². The molecule has 2 rings (SSSR count). The molecule has 0 saturated heterocycles. The van der Waals surface area contributed by atoms with E-state index in [2.05, 4.69) is 51.1 Å². The van der Waals surface area contributed by atoms with Gasteiger partial charge in [-0.1, -0.05) is 57.5 Å². The van der Waals surface area contributed by atoms with Gasteiger partial charge in [0, 0.05) is 12.5 Å². The summed E-state index contributed by atoms with van der Waals surface area (Å²) in [6.45, 7) is 6.88. The Bertz CT molecular complexity index is 438. The molecule has 0 heterocycles. The van der Waals surface area contributed by atoms with Crippen molar-refractivity contribution in [1.82, 2.24) is 0 Å². The first kappa shape index (κ1) is 16.4. The van der Waals surface area contributed by atoms with Gasteiger partial charge >= 0.3 is 0 Å². The van der Waals surface area contributed by atoms with Gasteiger partial charge in [-0.05, 0) is 35.4 Å². The summed E-state index contributed by atoms with van der Waals surface area (Å²) in [5.41, 5.74) is 0. The summed E-state index contributed by atoms with van der Waals surface area (Å²) in [4.78, 5) is 10.8. The molecule has 21 heavy (non-hydrogen) atoms. The van der Waals surface area contributed by atoms with Crippen molar-refractivity contribution >= 4 is 20.5 Å². The quantitative estimate of drug-likeness (QED) is 0.614. The van der Waals surface area contributed by atoms with E-state index in [0.717, 1.165) is 19.1 Å². The third-order valence-electron chi connectivity index (χ3n) is 4.38. The summed E-state index contributed by atoms with van der Waals surface area (Å²) < 4.78 is 6.64. The third-order valence-corrected chi connectivity index (χ3v) is 7.60. The number of carbonyl (C=O) groups excluding carboxylic acids is 1. The SMILES string of the molecule is CC(C)(C)[SiH](OC1CCCC(CC=O)C1)c1ccccc1. The number of carbonyl (C=O) groups is 1. The van der Waals surface area contributed by atoms with Crippen molar-refractivity contribution in [2.45, 2.75) is 64.0 Å². The molecule has 0 radical (unpaired) electrons. The minimum absolute atomic E-state index is 0.207. The van der Waals surface area contributed by atoms with Gasteiger partial charge in [-0.3, -0.25) is 0 Å². The Morgan fingerprint density at radius 1 is 1.24 bits per heavy atom. The summed E-state index contributed by atoms with van der Waals surface area (Å²) in [5, 5.41) is 1.60. The number of benzene rings is 1. The highest BCUT2D eigenvalue weighted by molar-refractivity contribution is 6.70. The van der Waals surface area contributed by atoms with Crippen LogP contribution in [0.4, 0.5) is 0 Å². The molecular formula is C18H28O2Si. The average molecular weight is 305 g/mol. The fraction of sp³-hybridized carbons (Fsp3) is 0.611. The molecule has 0 aliphatic heterocycles. The van der Waals surface area contributed by atoms with Crippen molar-refractivity contribution < 1.29 is 9.22 Å². The Morgan fingerprint density at radius 2 is 1.95 bits per heavy atom. The Labute approximate surface area is 130 Å². The van der Waals surface area contributed by atoms with Crippen molar-refractivity contribution in [2.75, 3.05) is 0 Å². The van der Waals surface area contributed by atoms with Crippen LogP contribution in [0.3, 0.4) is 0 Å². The van der Waals surface area contributed by atoms with Crippen LogP contribution in [0.25, 0.3) is 0 Å². The van der Waals surface area contributed by atoms with Crippen LogP contribution in [0.1, 0.15) is 52.9 Å². The van der Waals surface area contributed by atoms with Crippen molar-refractivity contribution in [1.29, 1.82) is 0 Å². The normalized spacial score (nSPS) is 24.5. The molecule has 1 saturated carbocycles. The lowest BCUT2D eigenvalue weighted by Crippen LogP contribution is -2.45. The summed E-state index contributed by atoms with van der Waals surface area (Å²) in [7, 11) is -1.49. The van der Waals surface area contributed by atoms with E-state index in [0.29, 0.717) is 18.4 Å². The van der Waals surface area contributed by atoms with Crippen molar-refractivity contribution in [3.63, 3.8) is 0 Å². The molecule has 1 aliphatic rings. The lowest BCUT2D eigenvalue weighted by molar-refractivity contribution is -0.109. The Hall–Kier alpha value is -0.933. The molecule has 0 aromatic heterocycles. The molecule has 0 amide bonds. The van der Waals surface area contributed by atoms with Crippen molar-refractivity contribution in [3.05, 3.63) is 30.3 Å². The minimum atomic E-state index is -1.49. The van der Waals surface area contributed by atoms with Gasteiger partial charge in [0.15, 0.2) is 0 Å². The zero-order chi connectivity index (χ0) is 15.3. The first-order chi connectivity index (χ1) is 10.0. The van der Waals surface area contributed by atoms with E-state index in [1.54, 1.807) is 0 Å². The molecule has 1 aromatic rings. The van der Waals surface area contributed by atoms with Gasteiger partial charge in [0.2, 0.25) is 9.04 Å². The van der Waals surface area contributed by atoms with E-state index in [-0.39, 0.29) is 5.04 Å². The van der Waals surface area contributed by atoms with Gasteiger partial charge in [0.05, 0.1) is 0 Å². The van der Waals surface area contributed by atoms with Crippen LogP contribution < -0.4 is 5.19 Å². The van der Waals surface area contributed by atoms with Crippen LogP contribution in [-0.4, -0.2) is 21.4 Å². The fourth-order valence-corrected chi connectivity index (χ4v) is 6.09. The van der Waals surface area contributed by atoms with Crippen LogP contribution in [0.15, 0.2) is 30.3 Å². The predicted octanol–water partition coefficient (Wildman–Crippen LogP) is 3.58. The second-order valence-electron chi connectivity index (χ2n) is 7.35. The molecule has 3 unspecified atom stereocenters. The van der Waals surface area contributed by atoms with E-state index < -0.39 is 9.04 Å². The summed E-state index contributed by atoms with van der Waals surface area (Å²) in [6, 6.07) is 10.7. The first-order valence-corrected chi connectivity index (χ1v) is 9.77. The second-order valence-corrected chi connectivity index (χ2v) is 10.8. The maximum atomic E-state index is 10.8. The number of rotatable bonds is 5. The van der Waals surface area contributed by atoms with E-state index in [1.807, 2.05) is 0 Å². The molecule has 3 heteroatoms. The molecule has 0 bridgehead atoms. The lowest BCUT2D eigenvalue weighted by Gasteiger charge is -2.36. The second kappa shape index (κ2) is 7.37. The van der Waals surface area contributed by atoms with E-state index >= 15 is 0 Å². The molecule has 1 aromatic carbocycles. The zero-order valence-corrected chi connectivity index (χ0v) is 14.7. The molecule has 1 fully saturated rings. The predicted molar refractivity (Wildman–Crippen MR) is 90.5 cm³/mol. The lowest BCUT2D eigenvalue weighted by atomic mass is 9.86. The van der Waals surface area contributed by atoms with Crippen LogP contribution in [-0.2, 0) is 9.22 Å². The largest absolute Gasteiger partial charge is 0.412 e. The van der Waals surface area contributed by atoms with Crippen LogP contribution in [0.5, 0.6) is 0 Å². The molecule has 0 N–H and O–H groups in total. The Balaban J connectivity index is 2.07. The third kappa shape index (κ3) is 4.79. The molecule has 3 atom stereocenters. The van der Waals surface area contributed by atoms with Gasteiger partial charge in [0.1, 0.15) is 6.29 Å². The molecular weight excluding hydrogens is 276 g/mol. The van der Waals surface area contributed by atoms with E-state index in [9.17, 15) is 4.79 Å². The summed E-state index contributed by atoms with van der Waals surface area (Å²) >= 11 is 0. The molecule has 1 aliphatic carbocycles. The topological polar surface area (TPSA) is 26.3 Å². The van der Waals surface area contributed by atoms with Crippen LogP contribution in [0, 0.1) is 5.92 Å². The standard InChI is InChI=1S/C18H28O2Si/c1-18(2,3)21(17-10-5-4-6-11-17)20-16-9-7-8-15(14-16)12-13-19/h4-6,10-11,13,15-16,21H,7-9,12,14H2,1-3H3. The zero-order valence-electron chi connectivity index (χ0n) is 13.5. The van der Waals surface area contributed by atoms with Gasteiger partial charge in [0.25, 0.3) is 0 Å². The number of hydrogen-bond donors (Lipinski definition) is 0. The van der Waals surface area contributed by atoms with Crippen LogP contribution in [0.2, 0.25) is 5.04 Å². The highest BCUT2D eigenvalue weighted by Crippen LogP contribution is 2.33. The highest BCUT2D eigenvalue weighted by Gasteiger charge is 2.33. The number of aldehydes is 1. The van der Waals surface area contributed by atoms with Gasteiger partial charge in [-0.2, -0.15) is 0 Å². The molecule has 116 valence electrons. The van der Waals surface area contributed by atoms with Crippen molar-refractivity contribution in [3.8, 4) is 0 Å². The van der Waals surface area contributed by atoms with E-state index in [4.69, 9.17) is 4.43 Å². The van der Waals surface area contributed by atoms with Gasteiger partial charge in [-0.15, -0.1) is 0 Å². The maximum Gasteiger partial charge on any atom is 0.213 e. The van der Waals surface area contributed by atoms with Crippen LogP contribution >= 0.6 is 0 Å². The van der Waals surface area contributed by atoms with E-state index in [1.165, 1.54) is 18.0 Å². The first-order valence-electron chi connectivity index (χ1n) is 8.14. The molecule has 2 nitrogen and oxygen atoms in total.